The number of thioether (sulfide) groups is 1. The third-order valence-corrected chi connectivity index (χ3v) is 5.87. The predicted molar refractivity (Wildman–Crippen MR) is 88.4 cm³/mol. The van der Waals surface area contributed by atoms with Crippen LogP contribution in [0.3, 0.4) is 0 Å². The first-order valence-corrected chi connectivity index (χ1v) is 8.90. The fraction of sp³-hybridized carbons (Fsp3) is 0.588. The van der Waals surface area contributed by atoms with Gasteiger partial charge in [-0.05, 0) is 42.4 Å². The van der Waals surface area contributed by atoms with Gasteiger partial charge in [-0.1, -0.05) is 43.2 Å². The average molecular weight is 306 g/mol. The van der Waals surface area contributed by atoms with Gasteiger partial charge in [-0.25, -0.2) is 4.39 Å². The van der Waals surface area contributed by atoms with Gasteiger partial charge in [0, 0.05) is 18.8 Å². The van der Waals surface area contributed by atoms with Gasteiger partial charge in [0.15, 0.2) is 5.17 Å². The van der Waals surface area contributed by atoms with Gasteiger partial charge in [0.25, 0.3) is 0 Å². The lowest BCUT2D eigenvalue weighted by atomic mass is 9.75. The Labute approximate surface area is 130 Å². The fourth-order valence-electron chi connectivity index (χ4n) is 3.27. The summed E-state index contributed by atoms with van der Waals surface area (Å²) in [5, 5.41) is 4.47. The van der Waals surface area contributed by atoms with Crippen molar-refractivity contribution in [3.8, 4) is 0 Å². The van der Waals surface area contributed by atoms with Crippen molar-refractivity contribution in [1.82, 2.24) is 5.32 Å². The number of rotatable bonds is 3. The Morgan fingerprint density at radius 1 is 1.24 bits per heavy atom. The Balaban J connectivity index is 1.46. The third kappa shape index (κ3) is 4.00. The van der Waals surface area contributed by atoms with Crippen molar-refractivity contribution in [3.63, 3.8) is 0 Å². The summed E-state index contributed by atoms with van der Waals surface area (Å²) in [6.07, 6.45) is 7.67. The van der Waals surface area contributed by atoms with Crippen molar-refractivity contribution in [2.75, 3.05) is 18.8 Å². The molecule has 0 aromatic heterocycles. The predicted octanol–water partition coefficient (Wildman–Crippen LogP) is 4.01. The van der Waals surface area contributed by atoms with Crippen LogP contribution in [0, 0.1) is 11.2 Å². The van der Waals surface area contributed by atoms with Gasteiger partial charge in [0.2, 0.25) is 0 Å². The molecule has 21 heavy (non-hydrogen) atoms. The Morgan fingerprint density at radius 2 is 2.10 bits per heavy atom. The fourth-order valence-corrected chi connectivity index (χ4v) is 4.45. The molecular formula is C17H23FN2S. The van der Waals surface area contributed by atoms with Crippen molar-refractivity contribution in [3.05, 3.63) is 35.6 Å². The highest BCUT2D eigenvalue weighted by Crippen LogP contribution is 2.41. The standard InChI is InChI=1S/C17H23FN2S/c18-15-6-4-5-14(11-15)7-10-19-16-20-12-17(13-21-16)8-2-1-3-9-17/h4-6,11H,1-3,7-10,12-13H2,(H,19,20). The van der Waals surface area contributed by atoms with E-state index in [0.29, 0.717) is 5.41 Å². The maximum Gasteiger partial charge on any atom is 0.156 e. The molecule has 1 spiro atoms. The molecule has 0 amide bonds. The molecule has 114 valence electrons. The van der Waals surface area contributed by atoms with Crippen LogP contribution in [0.5, 0.6) is 0 Å². The number of hydrogen-bond donors (Lipinski definition) is 1. The Bertz CT molecular complexity index is 509. The van der Waals surface area contributed by atoms with Crippen LogP contribution < -0.4 is 5.32 Å². The highest BCUT2D eigenvalue weighted by molar-refractivity contribution is 8.13. The molecule has 1 aliphatic carbocycles. The largest absolute Gasteiger partial charge is 0.365 e. The van der Waals surface area contributed by atoms with Gasteiger partial charge in [-0.2, -0.15) is 0 Å². The molecular weight excluding hydrogens is 283 g/mol. The molecule has 1 N–H and O–H groups in total. The molecule has 0 unspecified atom stereocenters. The SMILES string of the molecule is Fc1cccc(CCNC2=NCC3(CCCCC3)CS2)c1. The van der Waals surface area contributed by atoms with Crippen LogP contribution in [0.2, 0.25) is 0 Å². The van der Waals surface area contributed by atoms with E-state index in [9.17, 15) is 4.39 Å². The number of aliphatic imine (C=N–C) groups is 1. The molecule has 2 nitrogen and oxygen atoms in total. The lowest BCUT2D eigenvalue weighted by Crippen LogP contribution is -2.37. The zero-order valence-corrected chi connectivity index (χ0v) is 13.2. The molecule has 1 heterocycles. The summed E-state index contributed by atoms with van der Waals surface area (Å²) in [6, 6.07) is 6.83. The first kappa shape index (κ1) is 14.9. The molecule has 0 bridgehead atoms. The smallest absolute Gasteiger partial charge is 0.156 e. The molecule has 1 aliphatic heterocycles. The summed E-state index contributed by atoms with van der Waals surface area (Å²) in [5.74, 6) is 1.05. The van der Waals surface area contributed by atoms with Crippen molar-refractivity contribution >= 4 is 16.9 Å². The van der Waals surface area contributed by atoms with Crippen LogP contribution in [0.25, 0.3) is 0 Å². The molecule has 1 aromatic rings. The number of halogens is 1. The summed E-state index contributed by atoms with van der Waals surface area (Å²) in [5.41, 5.74) is 1.52. The van der Waals surface area contributed by atoms with Gasteiger partial charge >= 0.3 is 0 Å². The van der Waals surface area contributed by atoms with Gasteiger partial charge < -0.3 is 5.32 Å². The molecule has 1 saturated carbocycles. The van der Waals surface area contributed by atoms with Gasteiger partial charge in [-0.15, -0.1) is 0 Å². The highest BCUT2D eigenvalue weighted by atomic mass is 32.2. The minimum atomic E-state index is -0.156. The van der Waals surface area contributed by atoms with E-state index < -0.39 is 0 Å². The first-order valence-electron chi connectivity index (χ1n) is 7.91. The molecule has 0 radical (unpaired) electrons. The quantitative estimate of drug-likeness (QED) is 0.912. The topological polar surface area (TPSA) is 24.4 Å². The second kappa shape index (κ2) is 6.82. The third-order valence-electron chi connectivity index (χ3n) is 4.57. The number of hydrogen-bond acceptors (Lipinski definition) is 3. The van der Waals surface area contributed by atoms with E-state index >= 15 is 0 Å². The number of amidine groups is 1. The van der Waals surface area contributed by atoms with E-state index in [0.717, 1.165) is 30.2 Å². The molecule has 4 heteroatoms. The minimum Gasteiger partial charge on any atom is -0.365 e. The monoisotopic (exact) mass is 306 g/mol. The Kier molecular flexibility index (Phi) is 4.84. The Morgan fingerprint density at radius 3 is 2.81 bits per heavy atom. The minimum absolute atomic E-state index is 0.156. The Hall–Kier alpha value is -1.03. The van der Waals surface area contributed by atoms with Gasteiger partial charge in [0.05, 0.1) is 0 Å². The summed E-state index contributed by atoms with van der Waals surface area (Å²) >= 11 is 1.87. The van der Waals surface area contributed by atoms with E-state index in [-0.39, 0.29) is 5.82 Å². The van der Waals surface area contributed by atoms with Crippen molar-refractivity contribution in [1.29, 1.82) is 0 Å². The number of nitrogens with zero attached hydrogens (tertiary/aromatic N) is 1. The molecule has 1 fully saturated rings. The van der Waals surface area contributed by atoms with Crippen molar-refractivity contribution in [2.24, 2.45) is 10.4 Å². The molecule has 0 atom stereocenters. The summed E-state index contributed by atoms with van der Waals surface area (Å²) in [4.78, 5) is 4.75. The summed E-state index contributed by atoms with van der Waals surface area (Å²) < 4.78 is 13.1. The molecule has 2 aliphatic rings. The molecule has 1 aromatic carbocycles. The molecule has 0 saturated heterocycles. The maximum atomic E-state index is 13.1. The van der Waals surface area contributed by atoms with E-state index in [4.69, 9.17) is 4.99 Å². The number of nitrogens with one attached hydrogen (secondary N) is 1. The van der Waals surface area contributed by atoms with E-state index in [1.54, 1.807) is 12.1 Å². The zero-order chi connectivity index (χ0) is 14.5. The second-order valence-corrected chi connectivity index (χ2v) is 7.24. The average Bonchev–Trinajstić information content (AvgIpc) is 2.51. The molecule has 3 rings (SSSR count). The number of benzene rings is 1. The van der Waals surface area contributed by atoms with E-state index in [1.807, 2.05) is 17.8 Å². The lowest BCUT2D eigenvalue weighted by molar-refractivity contribution is 0.232. The van der Waals surface area contributed by atoms with Crippen LogP contribution >= 0.6 is 11.8 Å². The maximum absolute atomic E-state index is 13.1. The van der Waals surface area contributed by atoms with Crippen LogP contribution in [0.1, 0.15) is 37.7 Å². The summed E-state index contributed by atoms with van der Waals surface area (Å²) in [6.45, 7) is 1.81. The van der Waals surface area contributed by atoms with Crippen LogP contribution in [0.4, 0.5) is 4.39 Å². The van der Waals surface area contributed by atoms with Crippen LogP contribution in [0.15, 0.2) is 29.3 Å². The van der Waals surface area contributed by atoms with Crippen molar-refractivity contribution in [2.45, 2.75) is 38.5 Å². The second-order valence-electron chi connectivity index (χ2n) is 6.28. The normalized spacial score (nSPS) is 21.1. The zero-order valence-electron chi connectivity index (χ0n) is 12.4. The van der Waals surface area contributed by atoms with Gasteiger partial charge in [0.1, 0.15) is 5.82 Å². The highest BCUT2D eigenvalue weighted by Gasteiger charge is 2.34. The summed E-state index contributed by atoms with van der Waals surface area (Å²) in [7, 11) is 0. The van der Waals surface area contributed by atoms with E-state index in [2.05, 4.69) is 5.32 Å². The van der Waals surface area contributed by atoms with Crippen molar-refractivity contribution < 1.29 is 4.39 Å². The van der Waals surface area contributed by atoms with Crippen LogP contribution in [-0.2, 0) is 6.42 Å². The van der Waals surface area contributed by atoms with E-state index in [1.165, 1.54) is 43.9 Å². The van der Waals surface area contributed by atoms with Gasteiger partial charge in [-0.3, -0.25) is 4.99 Å². The first-order chi connectivity index (χ1) is 10.3. The lowest BCUT2D eigenvalue weighted by Gasteiger charge is -2.38. The van der Waals surface area contributed by atoms with Crippen LogP contribution in [-0.4, -0.2) is 24.0 Å².